The molecule has 0 radical (unpaired) electrons. The second-order valence-electron chi connectivity index (χ2n) is 9.21. The van der Waals surface area contributed by atoms with E-state index in [9.17, 15) is 9.90 Å². The smallest absolute Gasteiger partial charge is 0.255 e. The van der Waals surface area contributed by atoms with E-state index in [0.29, 0.717) is 39.4 Å². The summed E-state index contributed by atoms with van der Waals surface area (Å²) in [7, 11) is 0. The molecule has 0 spiro atoms. The van der Waals surface area contributed by atoms with Crippen LogP contribution in [0.4, 0.5) is 5.00 Å². The molecule has 0 unspecified atom stereocenters. The Labute approximate surface area is 197 Å². The van der Waals surface area contributed by atoms with Gasteiger partial charge in [-0.05, 0) is 66.5 Å². The number of carbonyl (C=O) groups excluding carboxylic acids is 1. The van der Waals surface area contributed by atoms with Gasteiger partial charge >= 0.3 is 0 Å². The van der Waals surface area contributed by atoms with Gasteiger partial charge in [0, 0.05) is 21.7 Å². The number of halogens is 1. The van der Waals surface area contributed by atoms with Crippen molar-refractivity contribution in [1.82, 2.24) is 5.32 Å². The fraction of sp³-hybridized carbons (Fsp3) is 0.360. The fourth-order valence-electron chi connectivity index (χ4n) is 4.06. The molecular weight excluding hydrogens is 444 g/mol. The SMILES string of the molecule is CC(C)(C)[C@@H]1CCc2c(sc(N=Cc3cc(Cl)ccc3O)c2C(=O)NCc2ccco2)C1. The number of thiophene rings is 1. The standard InChI is InChI=1S/C25H27ClN2O3S/c1-25(2,3)16-6-8-19-21(12-16)32-24(28-13-15-11-17(26)7-9-20(15)29)22(19)23(30)27-14-18-5-4-10-31-18/h4-5,7,9-11,13,16,29H,6,8,12,14H2,1-3H3,(H,27,30)/t16-/m1/s1. The summed E-state index contributed by atoms with van der Waals surface area (Å²) in [5, 5.41) is 14.3. The summed E-state index contributed by atoms with van der Waals surface area (Å²) >= 11 is 7.63. The molecule has 1 aliphatic rings. The van der Waals surface area contributed by atoms with Crippen LogP contribution in [0.3, 0.4) is 0 Å². The number of hydrogen-bond donors (Lipinski definition) is 2. The number of phenolic OH excluding ortho intramolecular Hbond substituents is 1. The second kappa shape index (κ2) is 9.12. The molecule has 0 saturated carbocycles. The predicted molar refractivity (Wildman–Crippen MR) is 130 cm³/mol. The zero-order valence-electron chi connectivity index (χ0n) is 18.4. The number of amides is 1. The zero-order chi connectivity index (χ0) is 22.9. The number of aromatic hydroxyl groups is 1. The fourth-order valence-corrected chi connectivity index (χ4v) is 5.51. The molecule has 0 aliphatic heterocycles. The number of rotatable bonds is 5. The Hall–Kier alpha value is -2.57. The van der Waals surface area contributed by atoms with Gasteiger partial charge in [0.05, 0.1) is 18.4 Å². The molecular formula is C25H27ClN2O3S. The number of furan rings is 1. The molecule has 0 fully saturated rings. The Bertz CT molecular complexity index is 1140. The lowest BCUT2D eigenvalue weighted by molar-refractivity contribution is 0.0947. The third kappa shape index (κ3) is 4.92. The van der Waals surface area contributed by atoms with Crippen molar-refractivity contribution in [3.8, 4) is 5.75 Å². The molecule has 4 rings (SSSR count). The number of fused-ring (bicyclic) bond motifs is 1. The highest BCUT2D eigenvalue weighted by molar-refractivity contribution is 7.16. The summed E-state index contributed by atoms with van der Waals surface area (Å²) in [5.74, 6) is 1.19. The van der Waals surface area contributed by atoms with Gasteiger partial charge in [-0.1, -0.05) is 32.4 Å². The number of nitrogens with zero attached hydrogens (tertiary/aromatic N) is 1. The van der Waals surface area contributed by atoms with Crippen LogP contribution in [0.2, 0.25) is 5.02 Å². The Morgan fingerprint density at radius 3 is 2.91 bits per heavy atom. The minimum absolute atomic E-state index is 0.0936. The van der Waals surface area contributed by atoms with E-state index >= 15 is 0 Å². The average Bonchev–Trinajstić information content (AvgIpc) is 3.39. The molecule has 5 nitrogen and oxygen atoms in total. The van der Waals surface area contributed by atoms with E-state index in [1.54, 1.807) is 42.0 Å². The highest BCUT2D eigenvalue weighted by Crippen LogP contribution is 2.45. The van der Waals surface area contributed by atoms with E-state index < -0.39 is 0 Å². The van der Waals surface area contributed by atoms with Crippen LogP contribution in [0.15, 0.2) is 46.0 Å². The molecule has 3 aromatic rings. The first-order valence-corrected chi connectivity index (χ1v) is 11.9. The van der Waals surface area contributed by atoms with E-state index in [1.807, 2.05) is 6.07 Å². The van der Waals surface area contributed by atoms with Crippen LogP contribution >= 0.6 is 22.9 Å². The molecule has 0 saturated heterocycles. The van der Waals surface area contributed by atoms with Crippen molar-refractivity contribution in [3.63, 3.8) is 0 Å². The summed E-state index contributed by atoms with van der Waals surface area (Å²) < 4.78 is 5.34. The minimum atomic E-state index is -0.157. The quantitative estimate of drug-likeness (QED) is 0.416. The van der Waals surface area contributed by atoms with Crippen LogP contribution < -0.4 is 5.32 Å². The van der Waals surface area contributed by atoms with E-state index in [0.717, 1.165) is 24.8 Å². The lowest BCUT2D eigenvalue weighted by atomic mass is 9.72. The van der Waals surface area contributed by atoms with Crippen LogP contribution in [0.5, 0.6) is 5.75 Å². The Balaban J connectivity index is 1.67. The van der Waals surface area contributed by atoms with Gasteiger partial charge in [0.1, 0.15) is 16.5 Å². The molecule has 168 valence electrons. The number of phenols is 1. The molecule has 1 aromatic carbocycles. The first kappa shape index (κ1) is 22.6. The monoisotopic (exact) mass is 470 g/mol. The number of aliphatic imine (C=N–C) groups is 1. The molecule has 1 amide bonds. The van der Waals surface area contributed by atoms with Crippen LogP contribution in [0, 0.1) is 11.3 Å². The van der Waals surface area contributed by atoms with Gasteiger partial charge in [0.2, 0.25) is 0 Å². The van der Waals surface area contributed by atoms with Crippen LogP contribution in [0.1, 0.15) is 59.3 Å². The van der Waals surface area contributed by atoms with Crippen molar-refractivity contribution in [2.24, 2.45) is 16.3 Å². The third-order valence-corrected chi connectivity index (χ3v) is 7.41. The first-order chi connectivity index (χ1) is 15.2. The van der Waals surface area contributed by atoms with E-state index in [-0.39, 0.29) is 17.1 Å². The van der Waals surface area contributed by atoms with E-state index in [4.69, 9.17) is 16.0 Å². The first-order valence-electron chi connectivity index (χ1n) is 10.7. The van der Waals surface area contributed by atoms with Crippen LogP contribution in [-0.2, 0) is 19.4 Å². The molecule has 2 heterocycles. The highest BCUT2D eigenvalue weighted by atomic mass is 35.5. The number of benzene rings is 1. The van der Waals surface area contributed by atoms with Gasteiger partial charge in [-0.25, -0.2) is 4.99 Å². The maximum Gasteiger partial charge on any atom is 0.255 e. The summed E-state index contributed by atoms with van der Waals surface area (Å²) in [6.07, 6.45) is 6.01. The molecule has 0 bridgehead atoms. The minimum Gasteiger partial charge on any atom is -0.507 e. The van der Waals surface area contributed by atoms with Crippen LogP contribution in [-0.4, -0.2) is 17.2 Å². The van der Waals surface area contributed by atoms with Crippen molar-refractivity contribution in [2.75, 3.05) is 0 Å². The average molecular weight is 471 g/mol. The summed E-state index contributed by atoms with van der Waals surface area (Å²) in [6.45, 7) is 7.13. The summed E-state index contributed by atoms with van der Waals surface area (Å²) in [5.41, 5.74) is 2.44. The highest BCUT2D eigenvalue weighted by Gasteiger charge is 2.33. The molecule has 1 aliphatic carbocycles. The van der Waals surface area contributed by atoms with Gasteiger partial charge in [-0.15, -0.1) is 11.3 Å². The third-order valence-electron chi connectivity index (χ3n) is 6.01. The normalized spacial score (nSPS) is 16.3. The molecule has 32 heavy (non-hydrogen) atoms. The Kier molecular flexibility index (Phi) is 6.45. The second-order valence-corrected chi connectivity index (χ2v) is 10.7. The zero-order valence-corrected chi connectivity index (χ0v) is 20.0. The number of nitrogens with one attached hydrogen (secondary N) is 1. The van der Waals surface area contributed by atoms with Crippen molar-refractivity contribution >= 4 is 40.1 Å². The lowest BCUT2D eigenvalue weighted by Crippen LogP contribution is -2.28. The van der Waals surface area contributed by atoms with Gasteiger partial charge in [-0.3, -0.25) is 4.79 Å². The number of hydrogen-bond acceptors (Lipinski definition) is 5. The molecule has 2 N–H and O–H groups in total. The van der Waals surface area contributed by atoms with Crippen molar-refractivity contribution in [1.29, 1.82) is 0 Å². The molecule has 1 atom stereocenters. The summed E-state index contributed by atoms with van der Waals surface area (Å²) in [4.78, 5) is 19.1. The van der Waals surface area contributed by atoms with Gasteiger partial charge < -0.3 is 14.8 Å². The maximum atomic E-state index is 13.2. The van der Waals surface area contributed by atoms with E-state index in [2.05, 4.69) is 31.1 Å². The van der Waals surface area contributed by atoms with E-state index in [1.165, 1.54) is 10.9 Å². The van der Waals surface area contributed by atoms with Crippen molar-refractivity contribution in [3.05, 3.63) is 68.9 Å². The van der Waals surface area contributed by atoms with Gasteiger partial charge in [-0.2, -0.15) is 0 Å². The predicted octanol–water partition coefficient (Wildman–Crippen LogP) is 6.53. The van der Waals surface area contributed by atoms with Gasteiger partial charge in [0.25, 0.3) is 5.91 Å². The Morgan fingerprint density at radius 1 is 1.38 bits per heavy atom. The topological polar surface area (TPSA) is 74.8 Å². The van der Waals surface area contributed by atoms with Crippen LogP contribution in [0.25, 0.3) is 0 Å². The number of carbonyl (C=O) groups is 1. The maximum absolute atomic E-state index is 13.2. The molecule has 2 aromatic heterocycles. The molecule has 7 heteroatoms. The van der Waals surface area contributed by atoms with Gasteiger partial charge in [0.15, 0.2) is 0 Å². The largest absolute Gasteiger partial charge is 0.507 e. The van der Waals surface area contributed by atoms with Crippen molar-refractivity contribution in [2.45, 2.75) is 46.6 Å². The van der Waals surface area contributed by atoms with Crippen molar-refractivity contribution < 1.29 is 14.3 Å². The summed E-state index contributed by atoms with van der Waals surface area (Å²) in [6, 6.07) is 8.44. The Morgan fingerprint density at radius 2 is 2.19 bits per heavy atom. The lowest BCUT2D eigenvalue weighted by Gasteiger charge is -2.33.